The first-order valence-electron chi connectivity index (χ1n) is 5.86. The molecule has 0 aliphatic carbocycles. The molecule has 5 nitrogen and oxygen atoms in total. The molecule has 1 saturated heterocycles. The van der Waals surface area contributed by atoms with Gasteiger partial charge in [-0.3, -0.25) is 4.79 Å². The number of halogens is 2. The molecule has 0 bridgehead atoms. The van der Waals surface area contributed by atoms with Gasteiger partial charge in [0.05, 0.1) is 5.56 Å². The van der Waals surface area contributed by atoms with Gasteiger partial charge in [0.1, 0.15) is 0 Å². The lowest BCUT2D eigenvalue weighted by atomic mass is 10.3. The molecule has 1 aliphatic heterocycles. The Balaban J connectivity index is 1.85. The van der Waals surface area contributed by atoms with E-state index in [-0.39, 0.29) is 21.8 Å². The fraction of sp³-hybridized carbons (Fsp3) is 0.545. The topological polar surface area (TPSA) is 58.1 Å². The quantitative estimate of drug-likeness (QED) is 0.915. The lowest BCUT2D eigenvalue weighted by molar-refractivity contribution is 0.0949. The van der Waals surface area contributed by atoms with Gasteiger partial charge in [-0.2, -0.15) is 0 Å². The molecule has 7 heteroatoms. The normalized spacial score (nSPS) is 15.9. The molecule has 1 fully saturated rings. The molecule has 1 amide bonds. The van der Waals surface area contributed by atoms with Crippen molar-refractivity contribution in [1.82, 2.24) is 20.4 Å². The van der Waals surface area contributed by atoms with E-state index < -0.39 is 0 Å². The molecule has 2 rings (SSSR count). The Labute approximate surface area is 115 Å². The summed E-state index contributed by atoms with van der Waals surface area (Å²) in [5.41, 5.74) is 0.262. The van der Waals surface area contributed by atoms with Crippen molar-refractivity contribution in [3.63, 3.8) is 0 Å². The zero-order valence-corrected chi connectivity index (χ0v) is 11.3. The molecular formula is C11H14Cl2N4O. The van der Waals surface area contributed by atoms with Crippen LogP contribution in [0.1, 0.15) is 23.2 Å². The summed E-state index contributed by atoms with van der Waals surface area (Å²) in [6.07, 6.45) is 2.48. The van der Waals surface area contributed by atoms with Crippen molar-refractivity contribution in [2.45, 2.75) is 12.8 Å². The van der Waals surface area contributed by atoms with Crippen molar-refractivity contribution >= 4 is 29.1 Å². The molecule has 1 aromatic heterocycles. The van der Waals surface area contributed by atoms with Gasteiger partial charge >= 0.3 is 0 Å². The van der Waals surface area contributed by atoms with Gasteiger partial charge in [0.15, 0.2) is 10.3 Å². The number of nitrogens with one attached hydrogen (secondary N) is 1. The van der Waals surface area contributed by atoms with E-state index in [4.69, 9.17) is 23.2 Å². The van der Waals surface area contributed by atoms with E-state index in [1.165, 1.54) is 18.9 Å². The molecule has 0 saturated carbocycles. The Kier molecular flexibility index (Phi) is 4.74. The number of nitrogens with zero attached hydrogens (tertiary/aromatic N) is 3. The molecule has 0 aromatic carbocycles. The molecule has 98 valence electrons. The van der Waals surface area contributed by atoms with Gasteiger partial charge < -0.3 is 10.2 Å². The zero-order chi connectivity index (χ0) is 13.0. The van der Waals surface area contributed by atoms with Crippen LogP contribution in [0.4, 0.5) is 0 Å². The van der Waals surface area contributed by atoms with E-state index >= 15 is 0 Å². The van der Waals surface area contributed by atoms with E-state index in [9.17, 15) is 4.79 Å². The van der Waals surface area contributed by atoms with E-state index in [1.54, 1.807) is 0 Å². The standard InChI is InChI=1S/C11H14Cl2N4O/c12-9-7-8(10(13)16-15-9)11(18)14-3-6-17-4-1-2-5-17/h7H,1-6H2,(H,14,18). The number of hydrogen-bond donors (Lipinski definition) is 1. The largest absolute Gasteiger partial charge is 0.351 e. The van der Waals surface area contributed by atoms with E-state index in [2.05, 4.69) is 20.4 Å². The zero-order valence-electron chi connectivity index (χ0n) is 9.83. The smallest absolute Gasteiger partial charge is 0.254 e. The summed E-state index contributed by atoms with van der Waals surface area (Å²) in [5, 5.41) is 10.2. The average Bonchev–Trinajstić information content (AvgIpc) is 2.85. The monoisotopic (exact) mass is 288 g/mol. The Morgan fingerprint density at radius 2 is 2.06 bits per heavy atom. The SMILES string of the molecule is O=C(NCCN1CCCC1)c1cc(Cl)nnc1Cl. The first-order chi connectivity index (χ1) is 8.66. The van der Waals surface area contributed by atoms with Crippen LogP contribution < -0.4 is 5.32 Å². The van der Waals surface area contributed by atoms with E-state index in [1.807, 2.05) is 0 Å². The molecule has 0 atom stereocenters. The number of rotatable bonds is 4. The van der Waals surface area contributed by atoms with Crippen LogP contribution in [-0.2, 0) is 0 Å². The highest BCUT2D eigenvalue weighted by Gasteiger charge is 2.14. The van der Waals surface area contributed by atoms with Crippen LogP contribution in [0.15, 0.2) is 6.07 Å². The minimum Gasteiger partial charge on any atom is -0.351 e. The summed E-state index contributed by atoms with van der Waals surface area (Å²) in [6.45, 7) is 3.67. The second-order valence-electron chi connectivity index (χ2n) is 4.18. The third kappa shape index (κ3) is 3.54. The number of carbonyl (C=O) groups excluding carboxylic acids is 1. The molecule has 2 heterocycles. The maximum Gasteiger partial charge on any atom is 0.254 e. The van der Waals surface area contributed by atoms with Crippen LogP contribution in [-0.4, -0.2) is 47.2 Å². The van der Waals surface area contributed by atoms with Crippen molar-refractivity contribution in [1.29, 1.82) is 0 Å². The number of amides is 1. The highest BCUT2D eigenvalue weighted by Crippen LogP contribution is 2.15. The highest BCUT2D eigenvalue weighted by atomic mass is 35.5. The predicted molar refractivity (Wildman–Crippen MR) is 70.1 cm³/mol. The summed E-state index contributed by atoms with van der Waals surface area (Å²) in [7, 11) is 0. The molecule has 0 unspecified atom stereocenters. The van der Waals surface area contributed by atoms with Crippen molar-refractivity contribution in [3.8, 4) is 0 Å². The van der Waals surface area contributed by atoms with Gasteiger partial charge in [-0.25, -0.2) is 0 Å². The maximum absolute atomic E-state index is 11.9. The van der Waals surface area contributed by atoms with Crippen molar-refractivity contribution in [2.24, 2.45) is 0 Å². The van der Waals surface area contributed by atoms with Gasteiger partial charge in [-0.15, -0.1) is 10.2 Å². The molecule has 1 aromatic rings. The molecule has 1 N–H and O–H groups in total. The summed E-state index contributed by atoms with van der Waals surface area (Å²) in [4.78, 5) is 14.2. The maximum atomic E-state index is 11.9. The Bertz CT molecular complexity index is 435. The lowest BCUT2D eigenvalue weighted by Gasteiger charge is -2.14. The minimum atomic E-state index is -0.268. The first-order valence-corrected chi connectivity index (χ1v) is 6.61. The number of carbonyl (C=O) groups is 1. The van der Waals surface area contributed by atoms with Crippen LogP contribution >= 0.6 is 23.2 Å². The third-order valence-corrected chi connectivity index (χ3v) is 3.34. The highest BCUT2D eigenvalue weighted by molar-refractivity contribution is 6.34. The Morgan fingerprint density at radius 1 is 1.33 bits per heavy atom. The predicted octanol–water partition coefficient (Wildman–Crippen LogP) is 1.61. The lowest BCUT2D eigenvalue weighted by Crippen LogP contribution is -2.33. The first kappa shape index (κ1) is 13.5. The Morgan fingerprint density at radius 3 is 2.78 bits per heavy atom. The number of aromatic nitrogens is 2. The van der Waals surface area contributed by atoms with Gasteiger partial charge in [-0.1, -0.05) is 23.2 Å². The van der Waals surface area contributed by atoms with Crippen LogP contribution in [0.3, 0.4) is 0 Å². The van der Waals surface area contributed by atoms with Crippen molar-refractivity contribution < 1.29 is 4.79 Å². The fourth-order valence-corrected chi connectivity index (χ4v) is 2.27. The third-order valence-electron chi connectivity index (χ3n) is 2.88. The van der Waals surface area contributed by atoms with E-state index in [0.717, 1.165) is 19.6 Å². The average molecular weight is 289 g/mol. The minimum absolute atomic E-state index is 0.0677. The van der Waals surface area contributed by atoms with Crippen LogP contribution in [0.25, 0.3) is 0 Å². The van der Waals surface area contributed by atoms with E-state index in [0.29, 0.717) is 6.54 Å². The van der Waals surface area contributed by atoms with Crippen molar-refractivity contribution in [2.75, 3.05) is 26.2 Å². The fourth-order valence-electron chi connectivity index (χ4n) is 1.94. The summed E-state index contributed by atoms with van der Waals surface area (Å²) in [5.74, 6) is -0.268. The van der Waals surface area contributed by atoms with Gasteiger partial charge in [-0.05, 0) is 32.0 Å². The Hall–Kier alpha value is -0.910. The molecule has 0 spiro atoms. The van der Waals surface area contributed by atoms with Gasteiger partial charge in [0.25, 0.3) is 5.91 Å². The van der Waals surface area contributed by atoms with Gasteiger partial charge in [0, 0.05) is 13.1 Å². The van der Waals surface area contributed by atoms with Crippen LogP contribution in [0.5, 0.6) is 0 Å². The van der Waals surface area contributed by atoms with Crippen LogP contribution in [0.2, 0.25) is 10.3 Å². The molecular weight excluding hydrogens is 275 g/mol. The summed E-state index contributed by atoms with van der Waals surface area (Å²) >= 11 is 11.5. The molecule has 0 radical (unpaired) electrons. The second-order valence-corrected chi connectivity index (χ2v) is 4.92. The molecule has 1 aliphatic rings. The number of likely N-dealkylation sites (tertiary alicyclic amines) is 1. The summed E-state index contributed by atoms with van der Waals surface area (Å²) in [6, 6.07) is 1.42. The number of hydrogen-bond acceptors (Lipinski definition) is 4. The van der Waals surface area contributed by atoms with Crippen molar-refractivity contribution in [3.05, 3.63) is 21.9 Å². The van der Waals surface area contributed by atoms with Gasteiger partial charge in [0.2, 0.25) is 0 Å². The van der Waals surface area contributed by atoms with Crippen LogP contribution in [0, 0.1) is 0 Å². The second kappa shape index (κ2) is 6.31. The molecule has 18 heavy (non-hydrogen) atoms. The summed E-state index contributed by atoms with van der Waals surface area (Å²) < 4.78 is 0.